The van der Waals surface area contributed by atoms with Crippen molar-refractivity contribution >= 4 is 12.2 Å². The van der Waals surface area contributed by atoms with Crippen LogP contribution in [0.4, 0.5) is 0 Å². The molecule has 1 heterocycles. The van der Waals surface area contributed by atoms with Crippen molar-refractivity contribution in [3.8, 4) is 0 Å². The number of hydrogen-bond acceptors (Lipinski definition) is 2. The predicted octanol–water partition coefficient (Wildman–Crippen LogP) is 4.42. The minimum atomic E-state index is -0.964. The number of allylic oxidation sites excluding steroid dienone is 2. The summed E-state index contributed by atoms with van der Waals surface area (Å²) in [6.45, 7) is 7.62. The standard InChI is InChI=1S/C13H25BNO/c1-5-7-9-14(10-8-6-2)15-12(3)11-13(4)16-14/h11H,5-10H2,1-4H3/q-1. The molecule has 92 valence electrons. The van der Waals surface area contributed by atoms with Crippen molar-refractivity contribution in [2.75, 3.05) is 0 Å². The van der Waals surface area contributed by atoms with E-state index in [-0.39, 0.29) is 0 Å². The molecular formula is C13H25BNO-. The van der Waals surface area contributed by atoms with Crippen molar-refractivity contribution in [1.82, 2.24) is 0 Å². The van der Waals surface area contributed by atoms with Crippen molar-refractivity contribution in [1.29, 1.82) is 0 Å². The van der Waals surface area contributed by atoms with Gasteiger partial charge in [0.15, 0.2) is 0 Å². The van der Waals surface area contributed by atoms with Gasteiger partial charge in [0.1, 0.15) is 0 Å². The van der Waals surface area contributed by atoms with E-state index in [0.717, 1.165) is 24.1 Å². The lowest BCUT2D eigenvalue weighted by Gasteiger charge is -2.42. The lowest BCUT2D eigenvalue weighted by molar-refractivity contribution is 0.398. The third-order valence-electron chi connectivity index (χ3n) is 3.27. The second kappa shape index (κ2) is 6.12. The third kappa shape index (κ3) is 3.69. The fourth-order valence-corrected chi connectivity index (χ4v) is 2.55. The van der Waals surface area contributed by atoms with Crippen molar-refractivity contribution in [2.24, 2.45) is 4.90 Å². The molecule has 0 radical (unpaired) electrons. The molecule has 0 saturated carbocycles. The Hall–Kier alpha value is -0.725. The molecule has 0 aromatic carbocycles. The smallest absolute Gasteiger partial charge is 0.277 e. The van der Waals surface area contributed by atoms with E-state index in [1.54, 1.807) is 0 Å². The van der Waals surface area contributed by atoms with Gasteiger partial charge in [-0.1, -0.05) is 39.5 Å². The van der Waals surface area contributed by atoms with Crippen LogP contribution in [-0.4, -0.2) is 12.2 Å². The van der Waals surface area contributed by atoms with E-state index in [1.807, 2.05) is 13.0 Å². The summed E-state index contributed by atoms with van der Waals surface area (Å²) in [5.41, 5.74) is 1.14. The number of hydrogen-bond donors (Lipinski definition) is 0. The third-order valence-corrected chi connectivity index (χ3v) is 3.27. The van der Waals surface area contributed by atoms with E-state index in [1.165, 1.54) is 25.7 Å². The highest BCUT2D eigenvalue weighted by atomic mass is 16.5. The first-order chi connectivity index (χ1) is 7.62. The van der Waals surface area contributed by atoms with Crippen LogP contribution in [0.2, 0.25) is 12.6 Å². The second-order valence-electron chi connectivity index (χ2n) is 5.02. The van der Waals surface area contributed by atoms with Gasteiger partial charge >= 0.3 is 0 Å². The lowest BCUT2D eigenvalue weighted by atomic mass is 9.45. The van der Waals surface area contributed by atoms with Crippen LogP contribution in [0.3, 0.4) is 0 Å². The van der Waals surface area contributed by atoms with Gasteiger partial charge in [0.05, 0.1) is 0 Å². The largest absolute Gasteiger partial charge is 0.699 e. The quantitative estimate of drug-likeness (QED) is 0.609. The molecule has 0 saturated heterocycles. The molecule has 0 unspecified atom stereocenters. The molecule has 0 aliphatic carbocycles. The Bertz CT molecular complexity index is 276. The average molecular weight is 222 g/mol. The minimum absolute atomic E-state index is 0.964. The summed E-state index contributed by atoms with van der Waals surface area (Å²) in [5.74, 6) is 1.04. The molecule has 2 nitrogen and oxygen atoms in total. The summed E-state index contributed by atoms with van der Waals surface area (Å²) in [5, 5.41) is 0. The number of unbranched alkanes of at least 4 members (excludes halogenated alkanes) is 2. The summed E-state index contributed by atoms with van der Waals surface area (Å²) in [4.78, 5) is 4.82. The van der Waals surface area contributed by atoms with Crippen LogP contribution in [-0.2, 0) is 4.65 Å². The molecule has 3 heteroatoms. The summed E-state index contributed by atoms with van der Waals surface area (Å²) < 4.78 is 6.08. The normalized spacial score (nSPS) is 18.8. The predicted molar refractivity (Wildman–Crippen MR) is 73.1 cm³/mol. The van der Waals surface area contributed by atoms with Crippen LogP contribution in [0.1, 0.15) is 53.4 Å². The molecule has 0 fully saturated rings. The Morgan fingerprint density at radius 1 is 1.12 bits per heavy atom. The van der Waals surface area contributed by atoms with E-state index in [2.05, 4.69) is 20.8 Å². The Morgan fingerprint density at radius 2 is 1.69 bits per heavy atom. The number of nitrogens with zero attached hydrogens (tertiary/aromatic N) is 1. The SMILES string of the molecule is CCCC[B-]1(CCCC)N=C(C)C=C(C)O1. The van der Waals surface area contributed by atoms with Gasteiger partial charge in [0.2, 0.25) is 0 Å². The first-order valence-electron chi connectivity index (χ1n) is 6.73. The van der Waals surface area contributed by atoms with E-state index in [9.17, 15) is 0 Å². The van der Waals surface area contributed by atoms with Gasteiger partial charge < -0.3 is 9.56 Å². The molecule has 0 aromatic heterocycles. The maximum absolute atomic E-state index is 6.08. The van der Waals surface area contributed by atoms with E-state index in [0.29, 0.717) is 0 Å². The Balaban J connectivity index is 2.75. The first-order valence-corrected chi connectivity index (χ1v) is 6.73. The van der Waals surface area contributed by atoms with Crippen molar-refractivity contribution < 1.29 is 4.65 Å². The maximum Gasteiger partial charge on any atom is 0.277 e. The van der Waals surface area contributed by atoms with Gasteiger partial charge in [0.25, 0.3) is 6.48 Å². The van der Waals surface area contributed by atoms with Crippen molar-refractivity contribution in [3.05, 3.63) is 11.8 Å². The zero-order valence-electron chi connectivity index (χ0n) is 11.3. The molecule has 16 heavy (non-hydrogen) atoms. The fraction of sp³-hybridized carbons (Fsp3) is 0.769. The fourth-order valence-electron chi connectivity index (χ4n) is 2.55. The lowest BCUT2D eigenvalue weighted by Crippen LogP contribution is -2.38. The van der Waals surface area contributed by atoms with Crippen LogP contribution in [0.15, 0.2) is 16.7 Å². The summed E-state index contributed by atoms with van der Waals surface area (Å²) in [6, 6.07) is 0. The first kappa shape index (κ1) is 13.3. The van der Waals surface area contributed by atoms with Gasteiger partial charge in [-0.2, -0.15) is 0 Å². The van der Waals surface area contributed by atoms with E-state index < -0.39 is 6.48 Å². The Labute approximate surface area is 100 Å². The highest BCUT2D eigenvalue weighted by molar-refractivity contribution is 6.74. The van der Waals surface area contributed by atoms with Gasteiger partial charge in [-0.25, -0.2) is 0 Å². The highest BCUT2D eigenvalue weighted by Gasteiger charge is 2.27. The molecule has 0 spiro atoms. The van der Waals surface area contributed by atoms with Gasteiger partial charge in [-0.05, 0) is 25.6 Å². The molecule has 1 aliphatic heterocycles. The van der Waals surface area contributed by atoms with Crippen molar-refractivity contribution in [3.63, 3.8) is 0 Å². The minimum Gasteiger partial charge on any atom is -0.699 e. The molecule has 0 amide bonds. The summed E-state index contributed by atoms with van der Waals surface area (Å²) in [6.07, 6.45) is 9.13. The summed E-state index contributed by atoms with van der Waals surface area (Å²) >= 11 is 0. The topological polar surface area (TPSA) is 21.6 Å². The van der Waals surface area contributed by atoms with E-state index >= 15 is 0 Å². The zero-order chi connectivity index (χ0) is 12.0. The molecule has 0 atom stereocenters. The molecule has 1 rings (SSSR count). The molecule has 0 N–H and O–H groups in total. The van der Waals surface area contributed by atoms with Crippen molar-refractivity contribution in [2.45, 2.75) is 66.0 Å². The van der Waals surface area contributed by atoms with Crippen LogP contribution in [0.25, 0.3) is 0 Å². The monoisotopic (exact) mass is 222 g/mol. The Kier molecular flexibility index (Phi) is 5.10. The van der Waals surface area contributed by atoms with Gasteiger partial charge in [-0.3, -0.25) is 0 Å². The zero-order valence-corrected chi connectivity index (χ0v) is 11.3. The molecule has 0 aromatic rings. The summed E-state index contributed by atoms with van der Waals surface area (Å²) in [7, 11) is 0. The van der Waals surface area contributed by atoms with Crippen LogP contribution in [0.5, 0.6) is 0 Å². The highest BCUT2D eigenvalue weighted by Crippen LogP contribution is 2.29. The van der Waals surface area contributed by atoms with Crippen LogP contribution in [0, 0.1) is 0 Å². The second-order valence-corrected chi connectivity index (χ2v) is 5.02. The number of rotatable bonds is 6. The molecular weight excluding hydrogens is 197 g/mol. The Morgan fingerprint density at radius 3 is 2.12 bits per heavy atom. The van der Waals surface area contributed by atoms with Gasteiger partial charge in [-0.15, -0.1) is 12.6 Å². The van der Waals surface area contributed by atoms with Gasteiger partial charge in [0, 0.05) is 5.76 Å². The van der Waals surface area contributed by atoms with Crippen LogP contribution < -0.4 is 0 Å². The average Bonchev–Trinajstić information content (AvgIpc) is 2.22. The molecule has 0 bridgehead atoms. The molecule has 1 aliphatic rings. The van der Waals surface area contributed by atoms with Crippen LogP contribution >= 0.6 is 0 Å². The van der Waals surface area contributed by atoms with E-state index in [4.69, 9.17) is 9.56 Å². The maximum atomic E-state index is 6.08.